The third kappa shape index (κ3) is 3.97. The molecule has 0 bridgehead atoms. The fourth-order valence-corrected chi connectivity index (χ4v) is 4.20. The van der Waals surface area contributed by atoms with Crippen LogP contribution in [0.5, 0.6) is 5.75 Å². The molecule has 0 saturated carbocycles. The van der Waals surface area contributed by atoms with Crippen molar-refractivity contribution in [1.82, 2.24) is 0 Å². The second-order valence-corrected chi connectivity index (χ2v) is 9.43. The van der Waals surface area contributed by atoms with Crippen LogP contribution in [0.15, 0.2) is 53.9 Å². The summed E-state index contributed by atoms with van der Waals surface area (Å²) in [4.78, 5) is 0.831. The molecule has 3 aromatic rings. The van der Waals surface area contributed by atoms with Gasteiger partial charge in [-0.25, -0.2) is 8.42 Å². The van der Waals surface area contributed by atoms with E-state index in [1.165, 1.54) is 17.4 Å². The third-order valence-corrected chi connectivity index (χ3v) is 6.83. The Balaban J connectivity index is 1.94. The van der Waals surface area contributed by atoms with Crippen molar-refractivity contribution in [2.24, 2.45) is 0 Å². The van der Waals surface area contributed by atoms with Crippen LogP contribution in [-0.4, -0.2) is 18.8 Å². The van der Waals surface area contributed by atoms with Gasteiger partial charge in [0, 0.05) is 0 Å². The lowest BCUT2D eigenvalue weighted by Gasteiger charge is -2.12. The molecule has 3 rings (SSSR count). The van der Waals surface area contributed by atoms with E-state index in [4.69, 9.17) is 0 Å². The van der Waals surface area contributed by atoms with Crippen LogP contribution in [0.3, 0.4) is 0 Å². The Bertz CT molecular complexity index is 1110. The van der Waals surface area contributed by atoms with E-state index in [0.717, 1.165) is 21.6 Å². The molecule has 5 nitrogen and oxygen atoms in total. The predicted octanol–water partition coefficient (Wildman–Crippen LogP) is 4.81. The van der Waals surface area contributed by atoms with Gasteiger partial charge in [0.15, 0.2) is 0 Å². The van der Waals surface area contributed by atoms with Crippen LogP contribution in [0, 0.1) is 11.3 Å². The summed E-state index contributed by atoms with van der Waals surface area (Å²) >= 11 is 1.45. The highest BCUT2D eigenvalue weighted by atomic mass is 32.2. The first-order chi connectivity index (χ1) is 12.8. The van der Waals surface area contributed by atoms with Crippen molar-refractivity contribution >= 4 is 27.0 Å². The molecule has 0 spiro atoms. The van der Waals surface area contributed by atoms with E-state index < -0.39 is 15.3 Å². The van der Waals surface area contributed by atoms with Crippen molar-refractivity contribution in [3.8, 4) is 33.4 Å². The quantitative estimate of drug-likeness (QED) is 0.645. The number of benzene rings is 2. The summed E-state index contributed by atoms with van der Waals surface area (Å²) in [5.41, 5.74) is 3.41. The first kappa shape index (κ1) is 19.0. The number of anilines is 1. The summed E-state index contributed by atoms with van der Waals surface area (Å²) in [6.45, 7) is 3.27. The SMILES string of the molecule is CC(C)S(=O)(=O)Nc1ccsc1-c1ccc(-c2ccc(O)cc2C#N)cc1. The molecule has 2 aromatic carbocycles. The molecule has 0 fully saturated rings. The molecular formula is C20H18N2O3S2. The highest BCUT2D eigenvalue weighted by molar-refractivity contribution is 7.93. The van der Waals surface area contributed by atoms with E-state index in [-0.39, 0.29) is 5.75 Å². The van der Waals surface area contributed by atoms with Gasteiger partial charge in [-0.15, -0.1) is 11.3 Å². The topological polar surface area (TPSA) is 90.2 Å². The zero-order valence-electron chi connectivity index (χ0n) is 14.8. The number of thiophene rings is 1. The van der Waals surface area contributed by atoms with Crippen LogP contribution in [0.2, 0.25) is 0 Å². The standard InChI is InChI=1S/C20H18N2O3S2/c1-13(2)27(24,25)22-19-9-10-26-20(19)15-5-3-14(4-6-15)18-8-7-17(23)11-16(18)12-21/h3-11,13,22-23H,1-2H3. The van der Waals surface area contributed by atoms with Crippen LogP contribution in [0.1, 0.15) is 19.4 Å². The minimum absolute atomic E-state index is 0.0487. The lowest BCUT2D eigenvalue weighted by Crippen LogP contribution is -2.22. The predicted molar refractivity (Wildman–Crippen MR) is 109 cm³/mol. The van der Waals surface area contributed by atoms with Gasteiger partial charge in [0.1, 0.15) is 5.75 Å². The lowest BCUT2D eigenvalue weighted by molar-refractivity contribution is 0.475. The Hall–Kier alpha value is -2.82. The number of phenolic OH excluding ortho intramolecular Hbond substituents is 1. The smallest absolute Gasteiger partial charge is 0.235 e. The second kappa shape index (κ2) is 7.43. The molecule has 0 aliphatic heterocycles. The minimum Gasteiger partial charge on any atom is -0.508 e. The van der Waals surface area contributed by atoms with Crippen LogP contribution < -0.4 is 4.72 Å². The van der Waals surface area contributed by atoms with Crippen molar-refractivity contribution < 1.29 is 13.5 Å². The van der Waals surface area contributed by atoms with Gasteiger partial charge in [-0.2, -0.15) is 5.26 Å². The summed E-state index contributed by atoms with van der Waals surface area (Å²) in [6.07, 6.45) is 0. The van der Waals surface area contributed by atoms with Gasteiger partial charge < -0.3 is 5.11 Å². The Morgan fingerprint density at radius 1 is 1.07 bits per heavy atom. The fourth-order valence-electron chi connectivity index (χ4n) is 2.56. The Labute approximate surface area is 162 Å². The fraction of sp³-hybridized carbons (Fsp3) is 0.150. The highest BCUT2D eigenvalue weighted by Gasteiger charge is 2.18. The molecule has 1 heterocycles. The second-order valence-electron chi connectivity index (χ2n) is 6.28. The zero-order valence-corrected chi connectivity index (χ0v) is 16.4. The summed E-state index contributed by atoms with van der Waals surface area (Å²) < 4.78 is 27.0. The maximum Gasteiger partial charge on any atom is 0.235 e. The molecule has 27 heavy (non-hydrogen) atoms. The van der Waals surface area contributed by atoms with Crippen molar-refractivity contribution in [1.29, 1.82) is 5.26 Å². The van der Waals surface area contributed by atoms with Gasteiger partial charge in [-0.1, -0.05) is 24.3 Å². The van der Waals surface area contributed by atoms with E-state index in [2.05, 4.69) is 10.8 Å². The highest BCUT2D eigenvalue weighted by Crippen LogP contribution is 2.36. The average Bonchev–Trinajstić information content (AvgIpc) is 3.09. The van der Waals surface area contributed by atoms with Gasteiger partial charge >= 0.3 is 0 Å². The molecule has 0 amide bonds. The van der Waals surface area contributed by atoms with Crippen molar-refractivity contribution in [3.63, 3.8) is 0 Å². The van der Waals surface area contributed by atoms with E-state index in [9.17, 15) is 18.8 Å². The van der Waals surface area contributed by atoms with Crippen LogP contribution >= 0.6 is 11.3 Å². The largest absolute Gasteiger partial charge is 0.508 e. The number of hydrogen-bond acceptors (Lipinski definition) is 5. The molecule has 138 valence electrons. The van der Waals surface area contributed by atoms with E-state index in [1.807, 2.05) is 29.6 Å². The Morgan fingerprint density at radius 2 is 1.74 bits per heavy atom. The van der Waals surface area contributed by atoms with Gasteiger partial charge in [0.25, 0.3) is 0 Å². The summed E-state index contributed by atoms with van der Waals surface area (Å²) in [5.74, 6) is 0.0487. The summed E-state index contributed by atoms with van der Waals surface area (Å²) in [6, 6.07) is 16.1. The molecule has 0 atom stereocenters. The van der Waals surface area contributed by atoms with Crippen LogP contribution in [0.25, 0.3) is 21.6 Å². The van der Waals surface area contributed by atoms with Crippen LogP contribution in [-0.2, 0) is 10.0 Å². The number of nitrogens with one attached hydrogen (secondary N) is 1. The maximum atomic E-state index is 12.2. The van der Waals surface area contributed by atoms with Gasteiger partial charge in [0.05, 0.1) is 27.4 Å². The molecule has 0 radical (unpaired) electrons. The first-order valence-corrected chi connectivity index (χ1v) is 10.7. The number of rotatable bonds is 5. The average molecular weight is 399 g/mol. The summed E-state index contributed by atoms with van der Waals surface area (Å²) in [7, 11) is -3.42. The number of aromatic hydroxyl groups is 1. The van der Waals surface area contributed by atoms with Gasteiger partial charge in [-0.3, -0.25) is 4.72 Å². The summed E-state index contributed by atoms with van der Waals surface area (Å²) in [5, 5.41) is 20.1. The zero-order chi connectivity index (χ0) is 19.6. The van der Waals surface area contributed by atoms with E-state index >= 15 is 0 Å². The molecule has 2 N–H and O–H groups in total. The van der Waals surface area contributed by atoms with Crippen molar-refractivity contribution in [3.05, 3.63) is 59.5 Å². The number of nitrogens with zero attached hydrogens (tertiary/aromatic N) is 1. The van der Waals surface area contributed by atoms with Crippen molar-refractivity contribution in [2.75, 3.05) is 4.72 Å². The number of sulfonamides is 1. The number of hydrogen-bond donors (Lipinski definition) is 2. The van der Waals surface area contributed by atoms with Crippen molar-refractivity contribution in [2.45, 2.75) is 19.1 Å². The lowest BCUT2D eigenvalue weighted by atomic mass is 9.98. The molecule has 7 heteroatoms. The third-order valence-electron chi connectivity index (χ3n) is 4.12. The van der Waals surface area contributed by atoms with Gasteiger partial charge in [0.2, 0.25) is 10.0 Å². The van der Waals surface area contributed by atoms with E-state index in [0.29, 0.717) is 11.3 Å². The molecular weight excluding hydrogens is 380 g/mol. The normalized spacial score (nSPS) is 11.3. The Morgan fingerprint density at radius 3 is 2.37 bits per heavy atom. The maximum absolute atomic E-state index is 12.2. The first-order valence-electron chi connectivity index (χ1n) is 8.25. The molecule has 0 unspecified atom stereocenters. The number of phenols is 1. The molecule has 1 aromatic heterocycles. The molecule has 0 aliphatic rings. The number of nitriles is 1. The molecule has 0 saturated heterocycles. The van der Waals surface area contributed by atoms with Crippen LogP contribution in [0.4, 0.5) is 5.69 Å². The Kier molecular flexibility index (Phi) is 5.22. The monoisotopic (exact) mass is 398 g/mol. The van der Waals surface area contributed by atoms with Gasteiger partial charge in [-0.05, 0) is 60.2 Å². The minimum atomic E-state index is -3.42. The van der Waals surface area contributed by atoms with E-state index in [1.54, 1.807) is 32.0 Å². The molecule has 0 aliphatic carbocycles.